The fourth-order valence-corrected chi connectivity index (χ4v) is 2.89. The van der Waals surface area contributed by atoms with Crippen LogP contribution in [0.3, 0.4) is 0 Å². The van der Waals surface area contributed by atoms with Crippen molar-refractivity contribution in [1.29, 1.82) is 0 Å². The van der Waals surface area contributed by atoms with E-state index in [0.29, 0.717) is 0 Å². The second kappa shape index (κ2) is 11.1. The molecule has 0 fully saturated rings. The number of nitrogens with one attached hydrogen (secondary N) is 1. The van der Waals surface area contributed by atoms with Crippen molar-refractivity contribution in [3.63, 3.8) is 0 Å². The molecule has 2 nitrogen and oxygen atoms in total. The maximum Gasteiger partial charge on any atom is 0.123 e. The van der Waals surface area contributed by atoms with E-state index in [9.17, 15) is 4.39 Å². The van der Waals surface area contributed by atoms with E-state index in [-0.39, 0.29) is 36.7 Å². The molecule has 0 amide bonds. The van der Waals surface area contributed by atoms with Crippen LogP contribution in [0.4, 0.5) is 4.39 Å². The number of hydrogen-bond donors (Lipinski definition) is 2. The lowest BCUT2D eigenvalue weighted by Gasteiger charge is -2.12. The van der Waals surface area contributed by atoms with E-state index in [4.69, 9.17) is 5.73 Å². The van der Waals surface area contributed by atoms with Gasteiger partial charge in [-0.1, -0.05) is 54.6 Å². The highest BCUT2D eigenvalue weighted by Gasteiger charge is 2.05. The zero-order valence-electron chi connectivity index (χ0n) is 14.5. The molecule has 0 heterocycles. The summed E-state index contributed by atoms with van der Waals surface area (Å²) < 4.78 is 12.9. The number of nitrogens with two attached hydrogens (primary N) is 1. The van der Waals surface area contributed by atoms with Crippen molar-refractivity contribution in [3.05, 3.63) is 83.7 Å². The molecule has 3 aromatic carbocycles. The Bertz CT molecular complexity index is 793. The Kier molecular flexibility index (Phi) is 9.60. The summed E-state index contributed by atoms with van der Waals surface area (Å²) in [5, 5.41) is 6.00. The van der Waals surface area contributed by atoms with Crippen LogP contribution in [0.1, 0.15) is 23.6 Å². The molecule has 3 N–H and O–H groups in total. The van der Waals surface area contributed by atoms with Crippen LogP contribution < -0.4 is 11.1 Å². The highest BCUT2D eigenvalue weighted by molar-refractivity contribution is 5.85. The second-order valence-electron chi connectivity index (χ2n) is 6.13. The van der Waals surface area contributed by atoms with Gasteiger partial charge in [0.2, 0.25) is 0 Å². The molecule has 26 heavy (non-hydrogen) atoms. The van der Waals surface area contributed by atoms with Crippen LogP contribution in [0.15, 0.2) is 66.7 Å². The predicted octanol–water partition coefficient (Wildman–Crippen LogP) is 5.04. The minimum Gasteiger partial charge on any atom is -0.324 e. The fraction of sp³-hybridized carbons (Fsp3) is 0.238. The molecule has 0 bridgehead atoms. The van der Waals surface area contributed by atoms with Crippen LogP contribution in [0.5, 0.6) is 0 Å². The number of fused-ring (bicyclic) bond motifs is 1. The maximum absolute atomic E-state index is 12.9. The Balaban J connectivity index is 0.00000169. The van der Waals surface area contributed by atoms with Gasteiger partial charge in [0.1, 0.15) is 5.82 Å². The van der Waals surface area contributed by atoms with Gasteiger partial charge in [0, 0.05) is 6.04 Å². The molecular weight excluding hydrogens is 370 g/mol. The van der Waals surface area contributed by atoms with Crippen LogP contribution in [-0.4, -0.2) is 13.1 Å². The van der Waals surface area contributed by atoms with E-state index in [2.05, 4.69) is 47.8 Å². The summed E-state index contributed by atoms with van der Waals surface area (Å²) in [6.07, 6.45) is 1.83. The van der Waals surface area contributed by atoms with E-state index >= 15 is 0 Å². The van der Waals surface area contributed by atoms with Gasteiger partial charge >= 0.3 is 0 Å². The Labute approximate surface area is 166 Å². The Morgan fingerprint density at radius 2 is 1.54 bits per heavy atom. The lowest BCUT2D eigenvalue weighted by atomic mass is 10.0. The molecule has 0 saturated carbocycles. The Morgan fingerprint density at radius 3 is 2.27 bits per heavy atom. The van der Waals surface area contributed by atoms with Crippen molar-refractivity contribution >= 4 is 35.6 Å². The quantitative estimate of drug-likeness (QED) is 0.550. The van der Waals surface area contributed by atoms with Crippen LogP contribution in [0.25, 0.3) is 10.8 Å². The highest BCUT2D eigenvalue weighted by atomic mass is 35.5. The summed E-state index contributed by atoms with van der Waals surface area (Å²) in [7, 11) is 0. The van der Waals surface area contributed by atoms with Crippen molar-refractivity contribution in [1.82, 2.24) is 5.32 Å². The van der Waals surface area contributed by atoms with Crippen molar-refractivity contribution in [3.8, 4) is 0 Å². The third kappa shape index (κ3) is 6.26. The highest BCUT2D eigenvalue weighted by Crippen LogP contribution is 2.16. The number of rotatable bonds is 7. The average molecular weight is 395 g/mol. The van der Waals surface area contributed by atoms with E-state index in [0.717, 1.165) is 31.5 Å². The minimum atomic E-state index is -0.223. The smallest absolute Gasteiger partial charge is 0.123 e. The number of hydrogen-bond acceptors (Lipinski definition) is 2. The first-order valence-electron chi connectivity index (χ1n) is 8.42. The third-order valence-electron chi connectivity index (χ3n) is 4.33. The lowest BCUT2D eigenvalue weighted by Crippen LogP contribution is -2.23. The Hall–Kier alpha value is -1.65. The van der Waals surface area contributed by atoms with Gasteiger partial charge in [-0.05, 0) is 60.0 Å². The van der Waals surface area contributed by atoms with E-state index in [1.165, 1.54) is 28.5 Å². The molecule has 3 rings (SSSR count). The van der Waals surface area contributed by atoms with E-state index in [1.54, 1.807) is 12.1 Å². The van der Waals surface area contributed by atoms with Crippen molar-refractivity contribution < 1.29 is 4.39 Å². The van der Waals surface area contributed by atoms with Gasteiger partial charge in [0.15, 0.2) is 0 Å². The third-order valence-corrected chi connectivity index (χ3v) is 4.33. The van der Waals surface area contributed by atoms with Gasteiger partial charge in [-0.2, -0.15) is 0 Å². The van der Waals surface area contributed by atoms with Gasteiger partial charge in [0.05, 0.1) is 0 Å². The zero-order valence-corrected chi connectivity index (χ0v) is 16.2. The molecule has 0 aliphatic heterocycles. The molecular formula is C21H25Cl2FN2. The molecule has 0 spiro atoms. The SMILES string of the molecule is Cl.Cl.NC(CCNCCc1ccc2ccccc2c1)c1ccc(F)cc1. The normalized spacial score (nSPS) is 11.5. The standard InChI is InChI=1S/C21H23FN2.2ClH/c22-20-9-7-18(8-10-20)21(23)12-14-24-13-11-16-5-6-17-3-1-2-4-19(17)15-16;;/h1-10,15,21,24H,11-14,23H2;2*1H. The predicted molar refractivity (Wildman–Crippen MR) is 113 cm³/mol. The topological polar surface area (TPSA) is 38.0 Å². The molecule has 0 aliphatic rings. The maximum atomic E-state index is 12.9. The van der Waals surface area contributed by atoms with Crippen LogP contribution in [0.2, 0.25) is 0 Å². The van der Waals surface area contributed by atoms with E-state index < -0.39 is 0 Å². The first-order valence-corrected chi connectivity index (χ1v) is 8.42. The zero-order chi connectivity index (χ0) is 16.8. The van der Waals surface area contributed by atoms with Crippen LogP contribution in [-0.2, 0) is 6.42 Å². The number of benzene rings is 3. The van der Waals surface area contributed by atoms with Crippen LogP contribution >= 0.6 is 24.8 Å². The summed E-state index contributed by atoms with van der Waals surface area (Å²) in [5.41, 5.74) is 8.45. The second-order valence-corrected chi connectivity index (χ2v) is 6.13. The molecule has 5 heteroatoms. The Morgan fingerprint density at radius 1 is 0.846 bits per heavy atom. The average Bonchev–Trinajstić information content (AvgIpc) is 2.61. The summed E-state index contributed by atoms with van der Waals surface area (Å²) in [5.74, 6) is -0.223. The van der Waals surface area contributed by atoms with Gasteiger partial charge in [-0.25, -0.2) is 4.39 Å². The molecule has 140 valence electrons. The van der Waals surface area contributed by atoms with Crippen molar-refractivity contribution in [2.75, 3.05) is 13.1 Å². The monoisotopic (exact) mass is 394 g/mol. The molecule has 3 aromatic rings. The lowest BCUT2D eigenvalue weighted by molar-refractivity contribution is 0.578. The van der Waals surface area contributed by atoms with E-state index in [1.807, 2.05) is 0 Å². The first kappa shape index (κ1) is 22.4. The minimum absolute atomic E-state index is 0. The van der Waals surface area contributed by atoms with Crippen molar-refractivity contribution in [2.24, 2.45) is 5.73 Å². The molecule has 1 atom stereocenters. The van der Waals surface area contributed by atoms with Crippen LogP contribution in [0, 0.1) is 5.82 Å². The summed E-state index contributed by atoms with van der Waals surface area (Å²) in [4.78, 5) is 0. The first-order chi connectivity index (χ1) is 11.7. The molecule has 0 radical (unpaired) electrons. The molecule has 0 saturated heterocycles. The van der Waals surface area contributed by atoms with Crippen molar-refractivity contribution in [2.45, 2.75) is 18.9 Å². The molecule has 0 aromatic heterocycles. The summed E-state index contributed by atoms with van der Waals surface area (Å²) >= 11 is 0. The number of halogens is 3. The van der Waals surface area contributed by atoms with Gasteiger partial charge < -0.3 is 11.1 Å². The summed E-state index contributed by atoms with van der Waals surface area (Å²) in [6.45, 7) is 1.78. The summed E-state index contributed by atoms with van der Waals surface area (Å²) in [6, 6.07) is 21.4. The van der Waals surface area contributed by atoms with Gasteiger partial charge in [-0.15, -0.1) is 24.8 Å². The largest absolute Gasteiger partial charge is 0.324 e. The van der Waals surface area contributed by atoms with Gasteiger partial charge in [0.25, 0.3) is 0 Å². The van der Waals surface area contributed by atoms with Gasteiger partial charge in [-0.3, -0.25) is 0 Å². The molecule has 0 aliphatic carbocycles. The molecule has 1 unspecified atom stereocenters. The fourth-order valence-electron chi connectivity index (χ4n) is 2.89.